The Hall–Kier alpha value is -8.01. The number of amides is 8. The monoisotopic (exact) mass is 1080 g/mol. The summed E-state index contributed by atoms with van der Waals surface area (Å²) in [6.07, 6.45) is 1.75. The van der Waals surface area contributed by atoms with E-state index < -0.39 is 35.9 Å². The zero-order valence-corrected chi connectivity index (χ0v) is 43.8. The Balaban J connectivity index is 0.739. The summed E-state index contributed by atoms with van der Waals surface area (Å²) in [5, 5.41) is 16.1. The number of likely N-dealkylation sites (N-methyl/N-ethyl adjacent to an activating group) is 1. The topological polar surface area (TPSA) is 250 Å². The van der Waals surface area contributed by atoms with Gasteiger partial charge in [-0.25, -0.2) is 9.59 Å². The average Bonchev–Trinajstić information content (AvgIpc) is 4.13. The van der Waals surface area contributed by atoms with E-state index in [1.54, 1.807) is 64.4 Å². The van der Waals surface area contributed by atoms with Gasteiger partial charge in [-0.3, -0.25) is 33.7 Å². The predicted molar refractivity (Wildman–Crippen MR) is 287 cm³/mol. The van der Waals surface area contributed by atoms with Gasteiger partial charge in [0, 0.05) is 105 Å². The maximum Gasteiger partial charge on any atom is 0.415 e. The summed E-state index contributed by atoms with van der Waals surface area (Å²) in [6, 6.07) is 22.2. The molecular weight excluding hydrogens is 1010 g/mol. The van der Waals surface area contributed by atoms with Crippen LogP contribution in [0.2, 0.25) is 0 Å². The number of carbonyl (C=O) groups excluding carboxylic acids is 8. The van der Waals surface area contributed by atoms with E-state index in [4.69, 9.17) is 30.2 Å². The number of benzene rings is 4. The normalized spacial score (nSPS) is 15.7. The van der Waals surface area contributed by atoms with Gasteiger partial charge in [0.1, 0.15) is 30.3 Å². The molecule has 22 heteroatoms. The number of anilines is 2. The highest BCUT2D eigenvalue weighted by atomic mass is 35.5. The number of piperazine rings is 1. The van der Waals surface area contributed by atoms with E-state index in [2.05, 4.69) is 31.5 Å². The molecule has 0 saturated carbocycles. The lowest BCUT2D eigenvalue weighted by Crippen LogP contribution is -2.50. The Morgan fingerprint density at radius 3 is 2.29 bits per heavy atom. The second-order valence-corrected chi connectivity index (χ2v) is 19.5. The standard InChI is InChI=1S/C55H62ClN9O12/c1-34(2)51(58-19-18-57-46(66)9-6-21-64-48(68)16-17-49(64)69)52(70)60-31-47(67)61-38-12-10-35(11-13-38)33-75-54(72)59-20-26-74-39-14-15-43-36(27-39)28-45(76-43)53(71)65-32-37(30-56)50-41-8-5-4-7-40(41)44(29-42(50)65)77-55(73)63-24-22-62(3)23-25-63/h4-5,7-8,10-17,27-29,34,37,51,58H,6,9,18-26,30-33H2,1-3H3,(H,57,66)(H,59,72)(H,60,70)(H,61,67)/t37-,51+/m1/s1. The quantitative estimate of drug-likeness (QED) is 0.0344. The lowest BCUT2D eigenvalue weighted by Gasteiger charge is -2.31. The Morgan fingerprint density at radius 1 is 0.818 bits per heavy atom. The number of alkyl carbamates (subject to hydrolysis) is 1. The molecule has 0 unspecified atom stereocenters. The van der Waals surface area contributed by atoms with Crippen LogP contribution in [-0.2, 0) is 35.3 Å². The van der Waals surface area contributed by atoms with Gasteiger partial charge >= 0.3 is 12.2 Å². The minimum atomic E-state index is -0.664. The van der Waals surface area contributed by atoms with E-state index in [1.165, 1.54) is 12.2 Å². The zero-order chi connectivity index (χ0) is 54.6. The summed E-state index contributed by atoms with van der Waals surface area (Å²) in [7, 11) is 2.01. The first-order chi connectivity index (χ1) is 37.1. The van der Waals surface area contributed by atoms with Gasteiger partial charge in [0.05, 0.1) is 24.8 Å². The van der Waals surface area contributed by atoms with E-state index in [0.29, 0.717) is 72.0 Å². The summed E-state index contributed by atoms with van der Waals surface area (Å²) in [5.74, 6) is -1.31. The number of halogens is 1. The highest BCUT2D eigenvalue weighted by Gasteiger charge is 2.37. The van der Waals surface area contributed by atoms with Crippen molar-refractivity contribution in [1.82, 2.24) is 36.0 Å². The third kappa shape index (κ3) is 14.1. The van der Waals surface area contributed by atoms with Crippen molar-refractivity contribution in [2.24, 2.45) is 5.92 Å². The van der Waals surface area contributed by atoms with Crippen LogP contribution in [0.15, 0.2) is 95.4 Å². The lowest BCUT2D eigenvalue weighted by molar-refractivity contribution is -0.137. The number of hydrogen-bond donors (Lipinski definition) is 5. The lowest BCUT2D eigenvalue weighted by atomic mass is 9.95. The zero-order valence-electron chi connectivity index (χ0n) is 43.1. The van der Waals surface area contributed by atoms with E-state index in [0.717, 1.165) is 34.3 Å². The van der Waals surface area contributed by atoms with Gasteiger partial charge in [0.25, 0.3) is 17.7 Å². The number of ether oxygens (including phenoxy) is 3. The third-order valence-electron chi connectivity index (χ3n) is 13.3. The fourth-order valence-corrected chi connectivity index (χ4v) is 9.45. The molecule has 1 saturated heterocycles. The van der Waals surface area contributed by atoms with Crippen LogP contribution in [0.3, 0.4) is 0 Å². The smallest absolute Gasteiger partial charge is 0.415 e. The molecule has 0 spiro atoms. The van der Waals surface area contributed by atoms with E-state index in [-0.39, 0.29) is 87.0 Å². The average molecular weight is 1080 g/mol. The van der Waals surface area contributed by atoms with E-state index in [9.17, 15) is 38.4 Å². The van der Waals surface area contributed by atoms with Crippen molar-refractivity contribution < 1.29 is 57.0 Å². The fraction of sp³-hybridized carbons (Fsp3) is 0.382. The number of nitrogens with one attached hydrogen (secondary N) is 5. The SMILES string of the molecule is CC(C)[C@H](NCCNC(=O)CCCN1C(=O)C=CC1=O)C(=O)NCC(=O)Nc1ccc(COC(=O)NCCOc2ccc3oc(C(=O)N4C[C@@H](CCl)c5c4cc(OC(=O)N4CCN(C)CC4)c4ccccc54)cc3c2)cc1. The Labute approximate surface area is 449 Å². The first-order valence-corrected chi connectivity index (χ1v) is 26.0. The number of hydrogen-bond acceptors (Lipinski definition) is 14. The van der Waals surface area contributed by atoms with Crippen molar-refractivity contribution in [1.29, 1.82) is 0 Å². The van der Waals surface area contributed by atoms with Crippen molar-refractivity contribution in [3.63, 3.8) is 0 Å². The molecule has 2 atom stereocenters. The van der Waals surface area contributed by atoms with Gasteiger partial charge in [0.15, 0.2) is 5.76 Å². The minimum Gasteiger partial charge on any atom is -0.492 e. The summed E-state index contributed by atoms with van der Waals surface area (Å²) < 4.78 is 23.3. The molecule has 406 valence electrons. The van der Waals surface area contributed by atoms with E-state index in [1.807, 2.05) is 45.2 Å². The third-order valence-corrected chi connectivity index (χ3v) is 13.7. The van der Waals surface area contributed by atoms with Crippen molar-refractivity contribution in [3.05, 3.63) is 108 Å². The molecule has 3 aliphatic heterocycles. The molecule has 8 amide bonds. The summed E-state index contributed by atoms with van der Waals surface area (Å²) in [5.41, 5.74) is 3.11. The number of furan rings is 1. The molecule has 8 rings (SSSR count). The second kappa shape index (κ2) is 25.7. The number of rotatable bonds is 22. The van der Waals surface area contributed by atoms with E-state index >= 15 is 0 Å². The molecule has 1 aromatic heterocycles. The van der Waals surface area contributed by atoms with Crippen molar-refractivity contribution in [2.75, 3.05) is 95.2 Å². The van der Waals surface area contributed by atoms with Gasteiger partial charge in [-0.15, -0.1) is 11.6 Å². The van der Waals surface area contributed by atoms with Crippen molar-refractivity contribution in [3.8, 4) is 11.5 Å². The van der Waals surface area contributed by atoms with Crippen molar-refractivity contribution in [2.45, 2.75) is 45.3 Å². The Morgan fingerprint density at radius 2 is 1.56 bits per heavy atom. The van der Waals surface area contributed by atoms with Crippen LogP contribution in [0.4, 0.5) is 21.0 Å². The van der Waals surface area contributed by atoms with Crippen molar-refractivity contribution >= 4 is 92.3 Å². The number of carbonyl (C=O) groups is 8. The van der Waals surface area contributed by atoms with Gasteiger partial charge in [0.2, 0.25) is 17.7 Å². The van der Waals surface area contributed by atoms with Crippen LogP contribution in [0, 0.1) is 5.92 Å². The minimum absolute atomic E-state index is 0.0406. The predicted octanol–water partition coefficient (Wildman–Crippen LogP) is 5.11. The molecule has 5 aromatic rings. The molecule has 21 nitrogen and oxygen atoms in total. The number of nitrogens with zero attached hydrogens (tertiary/aromatic N) is 4. The fourth-order valence-electron chi connectivity index (χ4n) is 9.20. The summed E-state index contributed by atoms with van der Waals surface area (Å²) in [4.78, 5) is 108. The maximum absolute atomic E-state index is 14.2. The van der Waals surface area contributed by atoms with Crippen LogP contribution >= 0.6 is 11.6 Å². The number of imide groups is 1. The molecule has 5 N–H and O–H groups in total. The molecule has 4 heterocycles. The number of fused-ring (bicyclic) bond motifs is 4. The summed E-state index contributed by atoms with van der Waals surface area (Å²) >= 11 is 6.52. The first kappa shape index (κ1) is 55.2. The van der Waals surface area contributed by atoms with Gasteiger partial charge in [-0.1, -0.05) is 50.2 Å². The second-order valence-electron chi connectivity index (χ2n) is 19.2. The number of alkyl halides is 1. The van der Waals surface area contributed by atoms with Gasteiger partial charge in [-0.2, -0.15) is 0 Å². The highest BCUT2D eigenvalue weighted by molar-refractivity contribution is 6.19. The van der Waals surface area contributed by atoms with Gasteiger partial charge < -0.3 is 59.9 Å². The van der Waals surface area contributed by atoms with Crippen LogP contribution in [0.5, 0.6) is 11.5 Å². The van der Waals surface area contributed by atoms with Crippen LogP contribution in [-0.4, -0.2) is 153 Å². The Kier molecular flexibility index (Phi) is 18.4. The largest absolute Gasteiger partial charge is 0.492 e. The molecule has 3 aliphatic rings. The molecular formula is C55H62ClN9O12. The Bertz CT molecular complexity index is 3030. The van der Waals surface area contributed by atoms with Crippen LogP contribution in [0.1, 0.15) is 54.3 Å². The van der Waals surface area contributed by atoms with Gasteiger partial charge in [-0.05, 0) is 72.3 Å². The highest BCUT2D eigenvalue weighted by Crippen LogP contribution is 2.46. The maximum atomic E-state index is 14.2. The molecule has 1 fully saturated rings. The molecule has 0 bridgehead atoms. The molecule has 0 aliphatic carbocycles. The van der Waals surface area contributed by atoms with Crippen LogP contribution < -0.4 is 41.0 Å². The first-order valence-electron chi connectivity index (χ1n) is 25.5. The molecule has 0 radical (unpaired) electrons. The molecule has 77 heavy (non-hydrogen) atoms. The summed E-state index contributed by atoms with van der Waals surface area (Å²) in [6.45, 7) is 7.22. The van der Waals surface area contributed by atoms with Crippen LogP contribution in [0.25, 0.3) is 21.7 Å². The molecule has 4 aromatic carbocycles.